The second-order valence-electron chi connectivity index (χ2n) is 9.03. The standard InChI is InChI=1S/C15H10N.2C12H10N.Ir/c1-2-7-13(8-3-1)15-14-9-5-4-6-12(14)10-11-16-15;2*1-10-6-5-9-12(13-10)11-7-3-2-4-8-11;/h1-7,9-11H;2*2-7,9H,1H3;/q3*-1;+3/i;2*1D3;. The predicted molar refractivity (Wildman–Crippen MR) is 173 cm³/mol. The van der Waals surface area contributed by atoms with Gasteiger partial charge < -0.3 is 15.0 Å². The molecular weight excluding hydrogens is 703 g/mol. The molecule has 0 bridgehead atoms. The smallest absolute Gasteiger partial charge is 0.304 e. The molecule has 3 aromatic heterocycles. The van der Waals surface area contributed by atoms with E-state index in [0.29, 0.717) is 11.4 Å². The van der Waals surface area contributed by atoms with Crippen molar-refractivity contribution in [3.63, 3.8) is 0 Å². The van der Waals surface area contributed by atoms with Crippen molar-refractivity contribution in [2.24, 2.45) is 0 Å². The first-order valence-corrected chi connectivity index (χ1v) is 13.3. The molecule has 0 atom stereocenters. The third kappa shape index (κ3) is 8.86. The topological polar surface area (TPSA) is 38.7 Å². The minimum Gasteiger partial charge on any atom is -0.304 e. The summed E-state index contributed by atoms with van der Waals surface area (Å²) < 4.78 is 43.8. The number of pyridine rings is 3. The minimum absolute atomic E-state index is 0. The van der Waals surface area contributed by atoms with Crippen molar-refractivity contribution in [3.8, 4) is 33.8 Å². The van der Waals surface area contributed by atoms with Crippen molar-refractivity contribution in [2.45, 2.75) is 13.7 Å². The fourth-order valence-corrected chi connectivity index (χ4v) is 4.15. The fourth-order valence-electron chi connectivity index (χ4n) is 4.15. The molecule has 0 spiro atoms. The van der Waals surface area contributed by atoms with E-state index in [-0.39, 0.29) is 31.5 Å². The predicted octanol–water partition coefficient (Wildman–Crippen LogP) is 9.41. The van der Waals surface area contributed by atoms with E-state index in [1.165, 1.54) is 22.9 Å². The molecule has 4 aromatic carbocycles. The Morgan fingerprint density at radius 3 is 1.53 bits per heavy atom. The van der Waals surface area contributed by atoms with Gasteiger partial charge in [0.25, 0.3) is 0 Å². The van der Waals surface area contributed by atoms with Crippen LogP contribution in [0.5, 0.6) is 0 Å². The van der Waals surface area contributed by atoms with Crippen LogP contribution in [0.1, 0.15) is 19.6 Å². The van der Waals surface area contributed by atoms with Gasteiger partial charge in [0, 0.05) is 25.8 Å². The number of benzene rings is 4. The number of hydrogen-bond donors (Lipinski definition) is 0. The Balaban J connectivity index is 0.000000164. The van der Waals surface area contributed by atoms with E-state index in [1.54, 1.807) is 36.4 Å². The van der Waals surface area contributed by atoms with E-state index < -0.39 is 13.7 Å². The minimum atomic E-state index is -2.16. The quantitative estimate of drug-likeness (QED) is 0.170. The summed E-state index contributed by atoms with van der Waals surface area (Å²) in [6, 6.07) is 52.2. The third-order valence-corrected chi connectivity index (χ3v) is 6.11. The molecule has 0 aliphatic heterocycles. The molecule has 7 aromatic rings. The van der Waals surface area contributed by atoms with Crippen LogP contribution in [0, 0.1) is 31.9 Å². The van der Waals surface area contributed by atoms with Gasteiger partial charge in [-0.25, -0.2) is 0 Å². The second-order valence-corrected chi connectivity index (χ2v) is 9.03. The molecule has 0 N–H and O–H groups in total. The third-order valence-electron chi connectivity index (χ3n) is 6.11. The maximum Gasteiger partial charge on any atom is 3.00 e. The number of nitrogens with zero attached hydrogens (tertiary/aromatic N) is 3. The number of hydrogen-bond acceptors (Lipinski definition) is 3. The van der Waals surface area contributed by atoms with Crippen molar-refractivity contribution in [2.75, 3.05) is 0 Å². The summed E-state index contributed by atoms with van der Waals surface area (Å²) >= 11 is 0. The van der Waals surface area contributed by atoms with E-state index >= 15 is 0 Å². The molecule has 0 saturated heterocycles. The molecule has 0 saturated carbocycles. The molecule has 7 rings (SSSR count). The van der Waals surface area contributed by atoms with Crippen LogP contribution in [-0.4, -0.2) is 15.0 Å². The van der Waals surface area contributed by atoms with Gasteiger partial charge in [0.05, 0.1) is 0 Å². The van der Waals surface area contributed by atoms with Crippen LogP contribution in [0.25, 0.3) is 44.5 Å². The maximum atomic E-state index is 7.29. The Kier molecular flexibility index (Phi) is 8.86. The summed E-state index contributed by atoms with van der Waals surface area (Å²) in [5, 5.41) is 2.39. The van der Waals surface area contributed by atoms with Crippen LogP contribution >= 0.6 is 0 Å². The monoisotopic (exact) mass is 739 g/mol. The van der Waals surface area contributed by atoms with Crippen molar-refractivity contribution in [1.29, 1.82) is 0 Å². The Morgan fingerprint density at radius 2 is 1.02 bits per heavy atom. The van der Waals surface area contributed by atoms with Gasteiger partial charge >= 0.3 is 20.1 Å². The van der Waals surface area contributed by atoms with Crippen molar-refractivity contribution >= 4 is 10.8 Å². The number of aromatic nitrogens is 3. The van der Waals surface area contributed by atoms with E-state index in [2.05, 4.69) is 45.3 Å². The molecule has 4 heteroatoms. The van der Waals surface area contributed by atoms with Crippen molar-refractivity contribution in [3.05, 3.63) is 175 Å². The molecule has 0 radical (unpaired) electrons. The van der Waals surface area contributed by atoms with E-state index in [9.17, 15) is 0 Å². The molecule has 43 heavy (non-hydrogen) atoms. The summed E-state index contributed by atoms with van der Waals surface area (Å²) in [4.78, 5) is 12.7. The molecule has 3 heterocycles. The van der Waals surface area contributed by atoms with E-state index in [4.69, 9.17) is 8.22 Å². The van der Waals surface area contributed by atoms with Gasteiger partial charge in [0.15, 0.2) is 0 Å². The molecule has 3 nitrogen and oxygen atoms in total. The average Bonchev–Trinajstić information content (AvgIpc) is 3.12. The van der Waals surface area contributed by atoms with Crippen molar-refractivity contribution in [1.82, 2.24) is 15.0 Å². The normalized spacial score (nSPS) is 12.6. The van der Waals surface area contributed by atoms with Crippen LogP contribution in [0.4, 0.5) is 0 Å². The molecule has 0 fully saturated rings. The zero-order valence-corrected chi connectivity index (χ0v) is 25.4. The van der Waals surface area contributed by atoms with Gasteiger partial charge in [0.1, 0.15) is 0 Å². The second kappa shape index (κ2) is 16.0. The van der Waals surface area contributed by atoms with Gasteiger partial charge in [-0.05, 0) is 59.8 Å². The maximum absolute atomic E-state index is 7.29. The van der Waals surface area contributed by atoms with Gasteiger partial charge in [-0.2, -0.15) is 0 Å². The number of rotatable bonds is 3. The first-order chi connectivity index (χ1) is 23.1. The molecule has 0 aliphatic carbocycles. The zero-order valence-electron chi connectivity index (χ0n) is 29.0. The first kappa shape index (κ1) is 23.8. The Labute approximate surface area is 276 Å². The first-order valence-electron chi connectivity index (χ1n) is 16.3. The van der Waals surface area contributed by atoms with Crippen LogP contribution in [0.2, 0.25) is 0 Å². The number of fused-ring (bicyclic) bond motifs is 1. The Bertz CT molecular complexity index is 1960. The number of aryl methyl sites for hydroxylation is 2. The summed E-state index contributed by atoms with van der Waals surface area (Å²) in [5.74, 6) is 0. The average molecular weight is 739 g/mol. The summed E-state index contributed by atoms with van der Waals surface area (Å²) in [7, 11) is 0. The molecular formula is C39H30IrN3. The van der Waals surface area contributed by atoms with Crippen LogP contribution in [-0.2, 0) is 20.1 Å². The largest absolute Gasteiger partial charge is 3.00 e. The molecule has 0 amide bonds. The van der Waals surface area contributed by atoms with Gasteiger partial charge in [-0.3, -0.25) is 0 Å². The van der Waals surface area contributed by atoms with Gasteiger partial charge in [-0.15, -0.1) is 108 Å². The van der Waals surface area contributed by atoms with E-state index in [0.717, 1.165) is 22.4 Å². The fraction of sp³-hybridized carbons (Fsp3) is 0.0513. The molecule has 0 aliphatic rings. The summed E-state index contributed by atoms with van der Waals surface area (Å²) in [6.07, 6.45) is 1.85. The van der Waals surface area contributed by atoms with Gasteiger partial charge in [0.2, 0.25) is 0 Å². The van der Waals surface area contributed by atoms with Crippen LogP contribution in [0.3, 0.4) is 0 Å². The zero-order chi connectivity index (χ0) is 34.0. The van der Waals surface area contributed by atoms with Gasteiger partial charge in [-0.1, -0.05) is 48.5 Å². The SMILES string of the molecule is [2H]C([2H])([2H])c1cccc(-c2[c-]cccc2)n1.[2H]C([2H])([2H])c1cccc(-c2[c-]cccc2)n1.[Ir+3].[c-]1ccccc1-c1nccc2ccccc12. The van der Waals surface area contributed by atoms with E-state index in [1.807, 2.05) is 85.1 Å². The van der Waals surface area contributed by atoms with Crippen LogP contribution in [0.15, 0.2) is 146 Å². The Hall–Kier alpha value is -4.76. The van der Waals surface area contributed by atoms with Crippen molar-refractivity contribution < 1.29 is 28.3 Å². The molecule has 210 valence electrons. The Morgan fingerprint density at radius 1 is 0.512 bits per heavy atom. The van der Waals surface area contributed by atoms with Crippen LogP contribution < -0.4 is 0 Å². The molecule has 0 unspecified atom stereocenters. The summed E-state index contributed by atoms with van der Waals surface area (Å²) in [5.41, 5.74) is 5.13. The summed E-state index contributed by atoms with van der Waals surface area (Å²) in [6.45, 7) is -4.32.